The molecule has 0 heterocycles. The summed E-state index contributed by atoms with van der Waals surface area (Å²) in [5.74, 6) is 0. The number of hydrazine groups is 1. The summed E-state index contributed by atoms with van der Waals surface area (Å²) >= 11 is 0. The van der Waals surface area contributed by atoms with Gasteiger partial charge in [-0.25, -0.2) is 5.43 Å². The molecule has 0 aliphatic carbocycles. The van der Waals surface area contributed by atoms with Gasteiger partial charge in [0.15, 0.2) is 0 Å². The molecule has 2 rings (SSSR count). The molecule has 0 saturated heterocycles. The molecule has 0 spiro atoms. The fraction of sp³-hybridized carbons (Fsp3) is 0.143. The van der Waals surface area contributed by atoms with E-state index in [-0.39, 0.29) is 0 Å². The van der Waals surface area contributed by atoms with Crippen LogP contribution in [0.3, 0.4) is 0 Å². The Morgan fingerprint density at radius 2 is 1.29 bits per heavy atom. The monoisotopic (exact) mass is 227 g/mol. The fourth-order valence-electron chi connectivity index (χ4n) is 1.66. The van der Waals surface area contributed by atoms with Gasteiger partial charge in [0.1, 0.15) is 0 Å². The molecule has 3 nitrogen and oxygen atoms in total. The van der Waals surface area contributed by atoms with Gasteiger partial charge in [0.05, 0.1) is 11.4 Å². The molecule has 2 aromatic rings. The third kappa shape index (κ3) is 3.06. The first-order valence-corrected chi connectivity index (χ1v) is 5.75. The maximum absolute atomic E-state index is 5.54. The summed E-state index contributed by atoms with van der Waals surface area (Å²) in [4.78, 5) is 0. The van der Waals surface area contributed by atoms with Crippen molar-refractivity contribution in [3.63, 3.8) is 0 Å². The molecule has 0 aliphatic heterocycles. The summed E-state index contributed by atoms with van der Waals surface area (Å²) in [5, 5.41) is 2.05. The molecule has 0 aliphatic rings. The van der Waals surface area contributed by atoms with Crippen molar-refractivity contribution in [2.75, 3.05) is 18.1 Å². The van der Waals surface area contributed by atoms with E-state index in [1.54, 1.807) is 0 Å². The lowest BCUT2D eigenvalue weighted by atomic mass is 10.2. The van der Waals surface area contributed by atoms with Crippen LogP contribution in [0.2, 0.25) is 0 Å². The Balaban J connectivity index is 2.26. The molecule has 0 radical (unpaired) electrons. The number of rotatable bonds is 5. The second-order valence-corrected chi connectivity index (χ2v) is 3.70. The Morgan fingerprint density at radius 3 is 1.71 bits per heavy atom. The molecule has 0 atom stereocenters. The van der Waals surface area contributed by atoms with E-state index in [4.69, 9.17) is 5.73 Å². The van der Waals surface area contributed by atoms with Crippen molar-refractivity contribution in [1.29, 1.82) is 0 Å². The van der Waals surface area contributed by atoms with E-state index in [0.717, 1.165) is 17.9 Å². The maximum Gasteiger partial charge on any atom is 0.0577 e. The van der Waals surface area contributed by atoms with E-state index in [1.165, 1.54) is 0 Å². The highest BCUT2D eigenvalue weighted by atomic mass is 15.5. The molecular formula is C14H17N3. The first-order valence-electron chi connectivity index (χ1n) is 5.75. The summed E-state index contributed by atoms with van der Waals surface area (Å²) in [7, 11) is 0. The van der Waals surface area contributed by atoms with E-state index >= 15 is 0 Å². The van der Waals surface area contributed by atoms with Crippen LogP contribution < -0.4 is 16.2 Å². The highest BCUT2D eigenvalue weighted by Crippen LogP contribution is 2.21. The molecule has 2 aromatic carbocycles. The largest absolute Gasteiger partial charge is 0.329 e. The number of nitrogens with one attached hydrogen (secondary N) is 1. The molecule has 0 bridgehead atoms. The van der Waals surface area contributed by atoms with Gasteiger partial charge in [0, 0.05) is 13.1 Å². The summed E-state index contributed by atoms with van der Waals surface area (Å²) < 4.78 is 0. The summed E-state index contributed by atoms with van der Waals surface area (Å²) in [6.45, 7) is 1.35. The van der Waals surface area contributed by atoms with Crippen molar-refractivity contribution in [1.82, 2.24) is 5.43 Å². The molecule has 0 unspecified atom stereocenters. The number of nitrogens with zero attached hydrogens (tertiary/aromatic N) is 1. The summed E-state index contributed by atoms with van der Waals surface area (Å²) in [6, 6.07) is 20.4. The smallest absolute Gasteiger partial charge is 0.0577 e. The lowest BCUT2D eigenvalue weighted by Crippen LogP contribution is -2.37. The van der Waals surface area contributed by atoms with Gasteiger partial charge in [-0.1, -0.05) is 36.4 Å². The van der Waals surface area contributed by atoms with Crippen LogP contribution in [-0.2, 0) is 0 Å². The van der Waals surface area contributed by atoms with Crippen LogP contribution in [0.15, 0.2) is 60.7 Å². The number of para-hydroxylation sites is 2. The molecule has 3 heteroatoms. The van der Waals surface area contributed by atoms with Gasteiger partial charge in [0.2, 0.25) is 0 Å². The normalized spacial score (nSPS) is 10.2. The first kappa shape index (κ1) is 11.6. The zero-order chi connectivity index (χ0) is 11.9. The highest BCUT2D eigenvalue weighted by Gasteiger charge is 2.06. The number of hydrogen-bond donors (Lipinski definition) is 2. The Kier molecular flexibility index (Phi) is 4.13. The fourth-order valence-corrected chi connectivity index (χ4v) is 1.66. The van der Waals surface area contributed by atoms with Crippen LogP contribution in [0.5, 0.6) is 0 Å². The Bertz CT molecular complexity index is 388. The molecule has 88 valence electrons. The third-order valence-corrected chi connectivity index (χ3v) is 2.44. The molecule has 0 saturated carbocycles. The Hall–Kier alpha value is -1.84. The van der Waals surface area contributed by atoms with E-state index in [2.05, 4.69) is 29.7 Å². The number of benzene rings is 2. The van der Waals surface area contributed by atoms with Crippen LogP contribution in [0, 0.1) is 0 Å². The van der Waals surface area contributed by atoms with Crippen LogP contribution in [0.1, 0.15) is 0 Å². The standard InChI is InChI=1S/C14H17N3/c15-11-12-16-17(13-7-3-1-4-8-13)14-9-5-2-6-10-14/h1-10,16H,11-12,15H2. The maximum atomic E-state index is 5.54. The third-order valence-electron chi connectivity index (χ3n) is 2.44. The van der Waals surface area contributed by atoms with Gasteiger partial charge >= 0.3 is 0 Å². The minimum atomic E-state index is 0.607. The molecule has 17 heavy (non-hydrogen) atoms. The first-order chi connectivity index (χ1) is 8.42. The summed E-state index contributed by atoms with van der Waals surface area (Å²) in [5.41, 5.74) is 11.1. The van der Waals surface area contributed by atoms with Crippen molar-refractivity contribution >= 4 is 11.4 Å². The predicted molar refractivity (Wildman–Crippen MR) is 72.1 cm³/mol. The van der Waals surface area contributed by atoms with Crippen LogP contribution in [0.4, 0.5) is 11.4 Å². The van der Waals surface area contributed by atoms with Crippen molar-refractivity contribution < 1.29 is 0 Å². The molecule has 3 N–H and O–H groups in total. The second kappa shape index (κ2) is 6.03. The second-order valence-electron chi connectivity index (χ2n) is 3.70. The topological polar surface area (TPSA) is 41.3 Å². The van der Waals surface area contributed by atoms with Gasteiger partial charge in [-0.05, 0) is 24.3 Å². The van der Waals surface area contributed by atoms with Crippen LogP contribution in [0.25, 0.3) is 0 Å². The highest BCUT2D eigenvalue weighted by molar-refractivity contribution is 5.61. The molecule has 0 aromatic heterocycles. The number of anilines is 2. The minimum absolute atomic E-state index is 0.607. The minimum Gasteiger partial charge on any atom is -0.329 e. The van der Waals surface area contributed by atoms with Gasteiger partial charge in [-0.2, -0.15) is 0 Å². The van der Waals surface area contributed by atoms with Crippen molar-refractivity contribution in [2.24, 2.45) is 5.73 Å². The molecule has 0 amide bonds. The molecular weight excluding hydrogens is 210 g/mol. The van der Waals surface area contributed by atoms with Gasteiger partial charge < -0.3 is 5.73 Å². The summed E-state index contributed by atoms with van der Waals surface area (Å²) in [6.07, 6.45) is 0. The van der Waals surface area contributed by atoms with Crippen molar-refractivity contribution in [2.45, 2.75) is 0 Å². The quantitative estimate of drug-likeness (QED) is 0.770. The van der Waals surface area contributed by atoms with Crippen LogP contribution in [-0.4, -0.2) is 13.1 Å². The Morgan fingerprint density at radius 1 is 0.824 bits per heavy atom. The van der Waals surface area contributed by atoms with E-state index in [9.17, 15) is 0 Å². The average molecular weight is 227 g/mol. The van der Waals surface area contributed by atoms with Crippen molar-refractivity contribution in [3.8, 4) is 0 Å². The van der Waals surface area contributed by atoms with Crippen molar-refractivity contribution in [3.05, 3.63) is 60.7 Å². The van der Waals surface area contributed by atoms with Gasteiger partial charge in [0.25, 0.3) is 0 Å². The van der Waals surface area contributed by atoms with E-state index in [1.807, 2.05) is 41.4 Å². The van der Waals surface area contributed by atoms with Gasteiger partial charge in [-0.15, -0.1) is 0 Å². The Labute approximate surface area is 102 Å². The van der Waals surface area contributed by atoms with Gasteiger partial charge in [-0.3, -0.25) is 5.01 Å². The molecule has 0 fully saturated rings. The number of hydrogen-bond acceptors (Lipinski definition) is 3. The van der Waals surface area contributed by atoms with Crippen LogP contribution >= 0.6 is 0 Å². The lowest BCUT2D eigenvalue weighted by Gasteiger charge is -2.25. The lowest BCUT2D eigenvalue weighted by molar-refractivity contribution is 0.707. The SMILES string of the molecule is NCCNN(c1ccccc1)c1ccccc1. The zero-order valence-electron chi connectivity index (χ0n) is 9.71. The predicted octanol–water partition coefficient (Wildman–Crippen LogP) is 2.29. The zero-order valence-corrected chi connectivity index (χ0v) is 9.71. The van der Waals surface area contributed by atoms with E-state index in [0.29, 0.717) is 6.54 Å². The van der Waals surface area contributed by atoms with E-state index < -0.39 is 0 Å². The number of nitrogens with two attached hydrogens (primary N) is 1. The average Bonchev–Trinajstić information content (AvgIpc) is 2.42.